The van der Waals surface area contributed by atoms with E-state index in [9.17, 15) is 4.79 Å². The van der Waals surface area contributed by atoms with Crippen LogP contribution in [0.5, 0.6) is 0 Å². The van der Waals surface area contributed by atoms with Crippen LogP contribution in [0.25, 0.3) is 0 Å². The molecule has 3 nitrogen and oxygen atoms in total. The van der Waals surface area contributed by atoms with Crippen LogP contribution in [-0.4, -0.2) is 19.9 Å². The second kappa shape index (κ2) is 10.6. The third-order valence-electron chi connectivity index (χ3n) is 10.5. The van der Waals surface area contributed by atoms with E-state index in [2.05, 4.69) is 20.8 Å². The van der Waals surface area contributed by atoms with E-state index in [1.165, 1.54) is 64.2 Å². The van der Waals surface area contributed by atoms with E-state index in [0.717, 1.165) is 36.0 Å². The van der Waals surface area contributed by atoms with E-state index < -0.39 is 0 Å². The number of fused-ring (bicyclic) bond motifs is 5. The molecule has 180 valence electrons. The van der Waals surface area contributed by atoms with Gasteiger partial charge in [0.2, 0.25) is 0 Å². The summed E-state index contributed by atoms with van der Waals surface area (Å²) in [7, 11) is 1.56. The lowest BCUT2D eigenvalue weighted by molar-refractivity contribution is -0.154. The van der Waals surface area contributed by atoms with Crippen molar-refractivity contribution in [1.82, 2.24) is 0 Å². The molecule has 8 atom stereocenters. The molecule has 0 saturated heterocycles. The molecule has 0 aliphatic heterocycles. The summed E-state index contributed by atoms with van der Waals surface area (Å²) in [4.78, 5) is 11.9. The van der Waals surface area contributed by atoms with Gasteiger partial charge in [-0.05, 0) is 104 Å². The van der Waals surface area contributed by atoms with Gasteiger partial charge in [-0.1, -0.05) is 47.5 Å². The van der Waals surface area contributed by atoms with E-state index in [4.69, 9.17) is 9.47 Å². The van der Waals surface area contributed by atoms with E-state index in [0.29, 0.717) is 23.2 Å². The maximum atomic E-state index is 11.9. The van der Waals surface area contributed by atoms with E-state index >= 15 is 0 Å². The minimum atomic E-state index is -0.106. The zero-order chi connectivity index (χ0) is 22.6. The lowest BCUT2D eigenvalue weighted by Crippen LogP contribution is -2.53. The Labute approximate surface area is 192 Å². The van der Waals surface area contributed by atoms with Gasteiger partial charge in [0, 0.05) is 13.5 Å². The second-order valence-electron chi connectivity index (χ2n) is 11.6. The number of carbonyl (C=O) groups excluding carboxylic acids is 1. The van der Waals surface area contributed by atoms with Crippen LogP contribution in [0.4, 0.5) is 0 Å². The van der Waals surface area contributed by atoms with Crippen LogP contribution in [0.2, 0.25) is 0 Å². The molecule has 0 bridgehead atoms. The standard InChI is InChI=1S/C26H44O3.C2H6/c1-18(8-13-24(27)29-17-28-4)21-11-12-22-20-10-9-19-7-5-6-15-25(19,2)23(20)14-16-26(21,22)3;1-2/h18-23H,5-17H2,1-4H3;1-2H3/t18-,19?,20?,21?,22?,23?,25?,26?;/m1./s1. The molecule has 4 aliphatic carbocycles. The van der Waals surface area contributed by atoms with Crippen LogP contribution in [0.15, 0.2) is 0 Å². The molecule has 3 heteroatoms. The fraction of sp³-hybridized carbons (Fsp3) is 0.964. The van der Waals surface area contributed by atoms with E-state index in [-0.39, 0.29) is 12.8 Å². The number of carbonyl (C=O) groups is 1. The largest absolute Gasteiger partial charge is 0.438 e. The number of esters is 1. The molecule has 0 N–H and O–H groups in total. The maximum Gasteiger partial charge on any atom is 0.307 e. The van der Waals surface area contributed by atoms with Crippen molar-refractivity contribution in [3.63, 3.8) is 0 Å². The van der Waals surface area contributed by atoms with Gasteiger partial charge in [0.25, 0.3) is 0 Å². The summed E-state index contributed by atoms with van der Waals surface area (Å²) >= 11 is 0. The quantitative estimate of drug-likeness (QED) is 0.318. The zero-order valence-electron chi connectivity index (χ0n) is 21.4. The van der Waals surface area contributed by atoms with Gasteiger partial charge in [-0.25, -0.2) is 0 Å². The van der Waals surface area contributed by atoms with Gasteiger partial charge in [0.15, 0.2) is 6.79 Å². The van der Waals surface area contributed by atoms with Crippen LogP contribution in [0, 0.1) is 46.3 Å². The SMILES string of the molecule is CC.COCOC(=O)CC[C@@H](C)C1CCC2C3CCC4CCCCC4(C)C3CCC21C. The molecular formula is C28H50O3. The maximum absolute atomic E-state index is 11.9. The van der Waals surface area contributed by atoms with Gasteiger partial charge in [0.1, 0.15) is 0 Å². The highest BCUT2D eigenvalue weighted by molar-refractivity contribution is 5.69. The third-order valence-corrected chi connectivity index (χ3v) is 10.5. The second-order valence-corrected chi connectivity index (χ2v) is 11.6. The molecule has 0 radical (unpaired) electrons. The van der Waals surface area contributed by atoms with Crippen molar-refractivity contribution in [2.24, 2.45) is 46.3 Å². The molecular weight excluding hydrogens is 384 g/mol. The Morgan fingerprint density at radius 3 is 2.42 bits per heavy atom. The van der Waals surface area contributed by atoms with Gasteiger partial charge < -0.3 is 9.47 Å². The zero-order valence-corrected chi connectivity index (χ0v) is 21.4. The Kier molecular flexibility index (Phi) is 8.55. The number of hydrogen-bond acceptors (Lipinski definition) is 3. The van der Waals surface area contributed by atoms with Crippen molar-refractivity contribution in [2.75, 3.05) is 13.9 Å². The molecule has 0 spiro atoms. The average Bonchev–Trinajstić information content (AvgIpc) is 3.14. The summed E-state index contributed by atoms with van der Waals surface area (Å²) < 4.78 is 9.97. The molecule has 4 fully saturated rings. The molecule has 31 heavy (non-hydrogen) atoms. The predicted octanol–water partition coefficient (Wildman–Crippen LogP) is 7.63. The third kappa shape index (κ3) is 4.73. The Balaban J connectivity index is 0.00000132. The number of ether oxygens (including phenoxy) is 2. The molecule has 0 aromatic rings. The summed E-state index contributed by atoms with van der Waals surface area (Å²) in [5.41, 5.74) is 1.13. The summed E-state index contributed by atoms with van der Waals surface area (Å²) in [6, 6.07) is 0. The summed E-state index contributed by atoms with van der Waals surface area (Å²) in [5.74, 6) is 5.17. The molecule has 0 heterocycles. The average molecular weight is 435 g/mol. The van der Waals surface area contributed by atoms with Crippen LogP contribution >= 0.6 is 0 Å². The van der Waals surface area contributed by atoms with Crippen molar-refractivity contribution in [2.45, 2.75) is 112 Å². The first-order valence-electron chi connectivity index (χ1n) is 13.5. The first-order chi connectivity index (χ1) is 14.9. The van der Waals surface area contributed by atoms with Gasteiger partial charge >= 0.3 is 5.97 Å². The first kappa shape index (κ1) is 25.1. The molecule has 4 rings (SSSR count). The summed E-state index contributed by atoms with van der Waals surface area (Å²) in [6.45, 7) is 11.8. The van der Waals surface area contributed by atoms with Gasteiger partial charge in [-0.3, -0.25) is 4.79 Å². The summed E-state index contributed by atoms with van der Waals surface area (Å²) in [5, 5.41) is 0. The van der Waals surface area contributed by atoms with E-state index in [1.807, 2.05) is 13.8 Å². The molecule has 4 saturated carbocycles. The Morgan fingerprint density at radius 1 is 0.935 bits per heavy atom. The number of rotatable bonds is 6. The topological polar surface area (TPSA) is 35.5 Å². The van der Waals surface area contributed by atoms with Gasteiger partial charge in [-0.2, -0.15) is 0 Å². The number of hydrogen-bond donors (Lipinski definition) is 0. The fourth-order valence-corrected chi connectivity index (χ4v) is 9.01. The minimum absolute atomic E-state index is 0.0826. The van der Waals surface area contributed by atoms with Gasteiger partial charge in [-0.15, -0.1) is 0 Å². The molecule has 7 unspecified atom stereocenters. The van der Waals surface area contributed by atoms with Crippen molar-refractivity contribution in [1.29, 1.82) is 0 Å². The molecule has 0 aromatic carbocycles. The fourth-order valence-electron chi connectivity index (χ4n) is 9.01. The number of methoxy groups -OCH3 is 1. The van der Waals surface area contributed by atoms with Crippen molar-refractivity contribution in [3.8, 4) is 0 Å². The van der Waals surface area contributed by atoms with Crippen LogP contribution in [-0.2, 0) is 14.3 Å². The highest BCUT2D eigenvalue weighted by Gasteiger charge is 2.60. The van der Waals surface area contributed by atoms with Crippen molar-refractivity contribution >= 4 is 5.97 Å². The predicted molar refractivity (Wildman–Crippen MR) is 128 cm³/mol. The Morgan fingerprint density at radius 2 is 1.68 bits per heavy atom. The molecule has 0 aromatic heterocycles. The smallest absolute Gasteiger partial charge is 0.307 e. The van der Waals surface area contributed by atoms with Gasteiger partial charge in [0.05, 0.1) is 0 Å². The Hall–Kier alpha value is -0.570. The first-order valence-corrected chi connectivity index (χ1v) is 13.5. The van der Waals surface area contributed by atoms with Crippen LogP contribution < -0.4 is 0 Å². The van der Waals surface area contributed by atoms with Crippen LogP contribution in [0.3, 0.4) is 0 Å². The summed E-state index contributed by atoms with van der Waals surface area (Å²) in [6.07, 6.45) is 16.1. The highest BCUT2D eigenvalue weighted by Crippen LogP contribution is 2.68. The van der Waals surface area contributed by atoms with Crippen LogP contribution in [0.1, 0.15) is 112 Å². The molecule has 0 amide bonds. The van der Waals surface area contributed by atoms with Crippen molar-refractivity contribution in [3.05, 3.63) is 0 Å². The Bertz CT molecular complexity index is 589. The van der Waals surface area contributed by atoms with Crippen molar-refractivity contribution < 1.29 is 14.3 Å². The van der Waals surface area contributed by atoms with E-state index in [1.54, 1.807) is 7.11 Å². The monoisotopic (exact) mass is 434 g/mol. The highest BCUT2D eigenvalue weighted by atomic mass is 16.7. The normalized spacial score (nSPS) is 42.3. The lowest BCUT2D eigenvalue weighted by Gasteiger charge is -2.61. The minimum Gasteiger partial charge on any atom is -0.438 e. The molecule has 4 aliphatic rings. The lowest BCUT2D eigenvalue weighted by atomic mass is 9.44.